The Labute approximate surface area is 126 Å². The lowest BCUT2D eigenvalue weighted by Gasteiger charge is -2.49. The van der Waals surface area contributed by atoms with Crippen LogP contribution in [-0.2, 0) is 5.54 Å². The van der Waals surface area contributed by atoms with E-state index >= 15 is 0 Å². The Bertz CT molecular complexity index is 579. The van der Waals surface area contributed by atoms with Crippen molar-refractivity contribution in [1.82, 2.24) is 4.90 Å². The Morgan fingerprint density at radius 3 is 2.86 bits per heavy atom. The third-order valence-corrected chi connectivity index (χ3v) is 5.51. The molecule has 4 nitrogen and oxygen atoms in total. The molecule has 1 aliphatic carbocycles. The molecule has 1 aromatic rings. The SMILES string of the molecule is CC1COc2ccccc2C12CN=C(N)N2C1CCCC1. The minimum atomic E-state index is -0.103. The standard InChI is InChI=1S/C17H23N3O/c1-12-10-21-15-9-5-4-8-14(15)17(12)11-19-16(18)20(17)13-6-2-3-7-13/h4-5,8-9,12-13H,2-3,6-7,10-11H2,1H3,(H2,18,19). The van der Waals surface area contributed by atoms with Crippen LogP contribution in [0.15, 0.2) is 29.3 Å². The van der Waals surface area contributed by atoms with Gasteiger partial charge in [0.05, 0.1) is 18.7 Å². The zero-order valence-corrected chi connectivity index (χ0v) is 12.6. The van der Waals surface area contributed by atoms with E-state index in [-0.39, 0.29) is 5.54 Å². The van der Waals surface area contributed by atoms with E-state index in [1.54, 1.807) is 0 Å². The molecule has 2 heterocycles. The summed E-state index contributed by atoms with van der Waals surface area (Å²) >= 11 is 0. The quantitative estimate of drug-likeness (QED) is 0.862. The number of guanidine groups is 1. The van der Waals surface area contributed by atoms with E-state index in [4.69, 9.17) is 10.5 Å². The molecule has 1 aromatic carbocycles. The molecule has 0 aromatic heterocycles. The molecule has 0 radical (unpaired) electrons. The van der Waals surface area contributed by atoms with Crippen LogP contribution >= 0.6 is 0 Å². The molecule has 1 saturated carbocycles. The minimum absolute atomic E-state index is 0.103. The Balaban J connectivity index is 1.84. The average molecular weight is 285 g/mol. The van der Waals surface area contributed by atoms with Crippen LogP contribution in [0.1, 0.15) is 38.2 Å². The highest BCUT2D eigenvalue weighted by atomic mass is 16.5. The van der Waals surface area contributed by atoms with Crippen LogP contribution in [0.3, 0.4) is 0 Å². The summed E-state index contributed by atoms with van der Waals surface area (Å²) in [5, 5.41) is 0. The Morgan fingerprint density at radius 1 is 1.29 bits per heavy atom. The van der Waals surface area contributed by atoms with Crippen molar-refractivity contribution in [2.24, 2.45) is 16.6 Å². The van der Waals surface area contributed by atoms with Crippen LogP contribution in [0.4, 0.5) is 0 Å². The van der Waals surface area contributed by atoms with E-state index in [2.05, 4.69) is 35.0 Å². The predicted octanol–water partition coefficient (Wildman–Crippen LogP) is 2.48. The van der Waals surface area contributed by atoms with E-state index in [9.17, 15) is 0 Å². The summed E-state index contributed by atoms with van der Waals surface area (Å²) in [6.07, 6.45) is 5.07. The van der Waals surface area contributed by atoms with Crippen LogP contribution in [0.25, 0.3) is 0 Å². The first-order chi connectivity index (χ1) is 10.2. The van der Waals surface area contributed by atoms with Gasteiger partial charge in [-0.3, -0.25) is 4.99 Å². The first-order valence-electron chi connectivity index (χ1n) is 8.05. The van der Waals surface area contributed by atoms with Gasteiger partial charge in [-0.25, -0.2) is 0 Å². The van der Waals surface area contributed by atoms with Gasteiger partial charge < -0.3 is 15.4 Å². The average Bonchev–Trinajstić information content (AvgIpc) is 3.12. The van der Waals surface area contributed by atoms with Gasteiger partial charge in [0, 0.05) is 17.5 Å². The Kier molecular flexibility index (Phi) is 2.88. The van der Waals surface area contributed by atoms with Crippen molar-refractivity contribution >= 4 is 5.96 Å². The third kappa shape index (κ3) is 1.71. The van der Waals surface area contributed by atoms with Gasteiger partial charge in [0.15, 0.2) is 5.96 Å². The molecule has 2 unspecified atom stereocenters. The number of rotatable bonds is 1. The zero-order chi connectivity index (χ0) is 14.4. The molecule has 1 fully saturated rings. The fraction of sp³-hybridized carbons (Fsp3) is 0.588. The number of ether oxygens (including phenoxy) is 1. The molecule has 0 saturated heterocycles. The smallest absolute Gasteiger partial charge is 0.192 e. The molecule has 21 heavy (non-hydrogen) atoms. The second kappa shape index (κ2) is 4.65. The van der Waals surface area contributed by atoms with Crippen LogP contribution in [0.5, 0.6) is 5.75 Å². The monoisotopic (exact) mass is 285 g/mol. The van der Waals surface area contributed by atoms with Crippen molar-refractivity contribution in [3.8, 4) is 5.75 Å². The normalized spacial score (nSPS) is 32.1. The lowest BCUT2D eigenvalue weighted by Crippen LogP contribution is -2.59. The van der Waals surface area contributed by atoms with E-state index in [1.807, 2.05) is 6.07 Å². The minimum Gasteiger partial charge on any atom is -0.493 e. The highest BCUT2D eigenvalue weighted by Crippen LogP contribution is 2.49. The summed E-state index contributed by atoms with van der Waals surface area (Å²) in [7, 11) is 0. The van der Waals surface area contributed by atoms with Crippen LogP contribution in [0, 0.1) is 5.92 Å². The summed E-state index contributed by atoms with van der Waals surface area (Å²) in [6, 6.07) is 8.95. The number of nitrogens with two attached hydrogens (primary N) is 1. The maximum atomic E-state index is 6.32. The number of para-hydroxylation sites is 1. The lowest BCUT2D eigenvalue weighted by molar-refractivity contribution is 0.0371. The van der Waals surface area contributed by atoms with Gasteiger partial charge in [-0.1, -0.05) is 38.0 Å². The van der Waals surface area contributed by atoms with Crippen molar-refractivity contribution in [2.75, 3.05) is 13.2 Å². The lowest BCUT2D eigenvalue weighted by atomic mass is 9.75. The summed E-state index contributed by atoms with van der Waals surface area (Å²) in [6.45, 7) is 3.77. The van der Waals surface area contributed by atoms with Gasteiger partial charge in [0.1, 0.15) is 5.75 Å². The van der Waals surface area contributed by atoms with Gasteiger partial charge in [-0.2, -0.15) is 0 Å². The van der Waals surface area contributed by atoms with E-state index in [0.717, 1.165) is 24.9 Å². The van der Waals surface area contributed by atoms with Crippen LogP contribution < -0.4 is 10.5 Å². The van der Waals surface area contributed by atoms with Crippen molar-refractivity contribution in [1.29, 1.82) is 0 Å². The van der Waals surface area contributed by atoms with Crippen molar-refractivity contribution < 1.29 is 4.74 Å². The fourth-order valence-corrected chi connectivity index (χ4v) is 4.41. The zero-order valence-electron chi connectivity index (χ0n) is 12.6. The van der Waals surface area contributed by atoms with Gasteiger partial charge in [-0.05, 0) is 18.9 Å². The van der Waals surface area contributed by atoms with Gasteiger partial charge in [-0.15, -0.1) is 0 Å². The van der Waals surface area contributed by atoms with E-state index < -0.39 is 0 Å². The number of nitrogens with zero attached hydrogens (tertiary/aromatic N) is 2. The molecule has 3 aliphatic rings. The number of aliphatic imine (C=N–C) groups is 1. The van der Waals surface area contributed by atoms with Gasteiger partial charge in [0.2, 0.25) is 0 Å². The molecule has 0 bridgehead atoms. The molecule has 1 spiro atoms. The highest BCUT2D eigenvalue weighted by Gasteiger charge is 2.53. The topological polar surface area (TPSA) is 50.9 Å². The molecule has 112 valence electrons. The summed E-state index contributed by atoms with van der Waals surface area (Å²) in [5.74, 6) is 2.12. The fourth-order valence-electron chi connectivity index (χ4n) is 4.41. The van der Waals surface area contributed by atoms with Gasteiger partial charge in [0.25, 0.3) is 0 Å². The summed E-state index contributed by atoms with van der Waals surface area (Å²) in [5.41, 5.74) is 7.48. The first-order valence-corrected chi connectivity index (χ1v) is 8.05. The molecular formula is C17H23N3O. The third-order valence-electron chi connectivity index (χ3n) is 5.51. The molecule has 4 heteroatoms. The second-order valence-electron chi connectivity index (χ2n) is 6.62. The number of benzene rings is 1. The molecule has 4 rings (SSSR count). The maximum absolute atomic E-state index is 6.32. The number of hydrogen-bond donors (Lipinski definition) is 1. The maximum Gasteiger partial charge on any atom is 0.192 e. The molecular weight excluding hydrogens is 262 g/mol. The molecule has 2 N–H and O–H groups in total. The van der Waals surface area contributed by atoms with E-state index in [0.29, 0.717) is 12.0 Å². The summed E-state index contributed by atoms with van der Waals surface area (Å²) < 4.78 is 5.95. The van der Waals surface area contributed by atoms with Crippen molar-refractivity contribution in [3.63, 3.8) is 0 Å². The summed E-state index contributed by atoms with van der Waals surface area (Å²) in [4.78, 5) is 7.09. The van der Waals surface area contributed by atoms with Crippen molar-refractivity contribution in [2.45, 2.75) is 44.2 Å². The molecule has 0 amide bonds. The largest absolute Gasteiger partial charge is 0.493 e. The highest BCUT2D eigenvalue weighted by molar-refractivity contribution is 5.82. The van der Waals surface area contributed by atoms with Crippen molar-refractivity contribution in [3.05, 3.63) is 29.8 Å². The molecule has 2 aliphatic heterocycles. The first kappa shape index (κ1) is 13.0. The number of hydrogen-bond acceptors (Lipinski definition) is 4. The predicted molar refractivity (Wildman–Crippen MR) is 83.4 cm³/mol. The van der Waals surface area contributed by atoms with Crippen LogP contribution in [0.2, 0.25) is 0 Å². The Hall–Kier alpha value is -1.71. The van der Waals surface area contributed by atoms with E-state index in [1.165, 1.54) is 31.2 Å². The second-order valence-corrected chi connectivity index (χ2v) is 6.62. The van der Waals surface area contributed by atoms with Crippen LogP contribution in [-0.4, -0.2) is 30.1 Å². The Morgan fingerprint density at radius 2 is 2.05 bits per heavy atom. The van der Waals surface area contributed by atoms with Gasteiger partial charge >= 0.3 is 0 Å². The number of fused-ring (bicyclic) bond motifs is 2. The molecule has 2 atom stereocenters.